The minimum atomic E-state index is -0.305. The maximum Gasteiger partial charge on any atom is 0.272 e. The summed E-state index contributed by atoms with van der Waals surface area (Å²) in [5, 5.41) is 10.3. The molecule has 29 heavy (non-hydrogen) atoms. The smallest absolute Gasteiger partial charge is 0.272 e. The second-order valence-corrected chi connectivity index (χ2v) is 7.70. The highest BCUT2D eigenvalue weighted by molar-refractivity contribution is 6.04. The molecule has 1 amide bonds. The number of rotatable bonds is 5. The number of aromatic amines is 1. The van der Waals surface area contributed by atoms with Crippen molar-refractivity contribution in [3.63, 3.8) is 0 Å². The van der Waals surface area contributed by atoms with Gasteiger partial charge in [0.15, 0.2) is 5.69 Å². The van der Waals surface area contributed by atoms with Crippen molar-refractivity contribution in [3.8, 4) is 0 Å². The summed E-state index contributed by atoms with van der Waals surface area (Å²) in [6.07, 6.45) is 6.49. The first-order valence-corrected chi connectivity index (χ1v) is 10.2. The minimum absolute atomic E-state index is 0.230. The summed E-state index contributed by atoms with van der Waals surface area (Å²) in [5.41, 5.74) is 2.16. The lowest BCUT2D eigenvalue weighted by molar-refractivity contribution is 0.0946. The van der Waals surface area contributed by atoms with Crippen molar-refractivity contribution in [2.45, 2.75) is 44.7 Å². The van der Waals surface area contributed by atoms with Crippen molar-refractivity contribution in [1.82, 2.24) is 15.5 Å². The summed E-state index contributed by atoms with van der Waals surface area (Å²) in [4.78, 5) is 26.9. The first kappa shape index (κ1) is 19.2. The number of benzene rings is 2. The molecule has 3 aromatic rings. The topological polar surface area (TPSA) is 78.1 Å². The van der Waals surface area contributed by atoms with Gasteiger partial charge in [0, 0.05) is 30.7 Å². The maximum atomic E-state index is 12.6. The fourth-order valence-electron chi connectivity index (χ4n) is 4.08. The van der Waals surface area contributed by atoms with E-state index in [1.54, 1.807) is 24.3 Å². The van der Waals surface area contributed by atoms with E-state index in [4.69, 9.17) is 0 Å². The van der Waals surface area contributed by atoms with Gasteiger partial charge in [-0.1, -0.05) is 49.6 Å². The molecule has 1 aromatic heterocycles. The van der Waals surface area contributed by atoms with Crippen LogP contribution in [0.4, 0.5) is 5.69 Å². The van der Waals surface area contributed by atoms with Crippen LogP contribution in [0.25, 0.3) is 10.8 Å². The summed E-state index contributed by atoms with van der Waals surface area (Å²) in [7, 11) is 2.17. The monoisotopic (exact) mass is 390 g/mol. The molecule has 1 heterocycles. The number of anilines is 1. The standard InChI is InChI=1S/C23H26N4O2/c1-27(17-7-3-2-4-8-17)18-13-11-16(12-14-18)15-24-23(29)21-19-9-5-6-10-20(19)22(28)26-25-21/h5-6,9-14,17H,2-4,7-8,15H2,1H3,(H,24,29)(H,26,28). The zero-order valence-corrected chi connectivity index (χ0v) is 16.6. The Morgan fingerprint density at radius 2 is 1.76 bits per heavy atom. The zero-order valence-electron chi connectivity index (χ0n) is 16.6. The molecule has 6 heteroatoms. The van der Waals surface area contributed by atoms with Gasteiger partial charge in [-0.05, 0) is 36.6 Å². The van der Waals surface area contributed by atoms with Gasteiger partial charge in [0.2, 0.25) is 0 Å². The number of aromatic nitrogens is 2. The predicted octanol–water partition coefficient (Wildman–Crippen LogP) is 3.62. The van der Waals surface area contributed by atoms with Gasteiger partial charge in [0.1, 0.15) is 0 Å². The lowest BCUT2D eigenvalue weighted by atomic mass is 9.94. The van der Waals surface area contributed by atoms with E-state index in [1.165, 1.54) is 37.8 Å². The van der Waals surface area contributed by atoms with Gasteiger partial charge < -0.3 is 10.2 Å². The Kier molecular flexibility index (Phi) is 5.60. The quantitative estimate of drug-likeness (QED) is 0.697. The van der Waals surface area contributed by atoms with Crippen molar-refractivity contribution >= 4 is 22.4 Å². The second kappa shape index (κ2) is 8.47. The lowest BCUT2D eigenvalue weighted by Crippen LogP contribution is -2.33. The van der Waals surface area contributed by atoms with Crippen LogP contribution >= 0.6 is 0 Å². The van der Waals surface area contributed by atoms with Crippen LogP contribution in [0.2, 0.25) is 0 Å². The number of nitrogens with zero attached hydrogens (tertiary/aromatic N) is 2. The third kappa shape index (κ3) is 4.16. The zero-order chi connectivity index (χ0) is 20.2. The van der Waals surface area contributed by atoms with Gasteiger partial charge in [-0.3, -0.25) is 9.59 Å². The van der Waals surface area contributed by atoms with Gasteiger partial charge in [0.05, 0.1) is 5.39 Å². The van der Waals surface area contributed by atoms with Crippen molar-refractivity contribution < 1.29 is 4.79 Å². The highest BCUT2D eigenvalue weighted by Gasteiger charge is 2.18. The lowest BCUT2D eigenvalue weighted by Gasteiger charge is -2.33. The van der Waals surface area contributed by atoms with E-state index in [1.807, 2.05) is 12.1 Å². The molecular weight excluding hydrogens is 364 g/mol. The number of fused-ring (bicyclic) bond motifs is 1. The summed E-state index contributed by atoms with van der Waals surface area (Å²) >= 11 is 0. The first-order valence-electron chi connectivity index (χ1n) is 10.2. The van der Waals surface area contributed by atoms with E-state index in [0.717, 1.165) is 5.56 Å². The number of carbonyl (C=O) groups excluding carboxylic acids is 1. The van der Waals surface area contributed by atoms with Crippen LogP contribution in [-0.2, 0) is 6.54 Å². The minimum Gasteiger partial charge on any atom is -0.372 e. The third-order valence-electron chi connectivity index (χ3n) is 5.83. The predicted molar refractivity (Wildman–Crippen MR) is 115 cm³/mol. The Balaban J connectivity index is 1.42. The van der Waals surface area contributed by atoms with Crippen LogP contribution in [0, 0.1) is 0 Å². The summed E-state index contributed by atoms with van der Waals surface area (Å²) < 4.78 is 0. The molecule has 0 spiro atoms. The molecular formula is C23H26N4O2. The molecule has 0 unspecified atom stereocenters. The molecule has 0 atom stereocenters. The number of nitrogens with one attached hydrogen (secondary N) is 2. The Morgan fingerprint density at radius 3 is 2.48 bits per heavy atom. The largest absolute Gasteiger partial charge is 0.372 e. The van der Waals surface area contributed by atoms with Gasteiger partial charge >= 0.3 is 0 Å². The second-order valence-electron chi connectivity index (χ2n) is 7.70. The Bertz CT molecular complexity index is 1050. The van der Waals surface area contributed by atoms with Crippen molar-refractivity contribution in [2.24, 2.45) is 0 Å². The molecule has 0 radical (unpaired) electrons. The molecule has 0 saturated heterocycles. The number of hydrogen-bond donors (Lipinski definition) is 2. The molecule has 4 rings (SSSR count). The molecule has 2 aromatic carbocycles. The molecule has 1 aliphatic rings. The highest BCUT2D eigenvalue weighted by Crippen LogP contribution is 2.26. The van der Waals surface area contributed by atoms with Crippen molar-refractivity contribution in [2.75, 3.05) is 11.9 Å². The summed E-state index contributed by atoms with van der Waals surface area (Å²) in [5.74, 6) is -0.305. The summed E-state index contributed by atoms with van der Waals surface area (Å²) in [6, 6.07) is 15.9. The molecule has 1 fully saturated rings. The molecule has 1 saturated carbocycles. The van der Waals surface area contributed by atoms with E-state index in [-0.39, 0.29) is 17.2 Å². The van der Waals surface area contributed by atoms with Crippen LogP contribution in [0.15, 0.2) is 53.3 Å². The van der Waals surface area contributed by atoms with Crippen LogP contribution in [0.3, 0.4) is 0 Å². The van der Waals surface area contributed by atoms with Gasteiger partial charge in [0.25, 0.3) is 11.5 Å². The number of hydrogen-bond acceptors (Lipinski definition) is 4. The molecule has 0 bridgehead atoms. The van der Waals surface area contributed by atoms with Crippen LogP contribution in [0.5, 0.6) is 0 Å². The molecule has 150 valence electrons. The first-order chi connectivity index (χ1) is 14.1. The highest BCUT2D eigenvalue weighted by atomic mass is 16.2. The van der Waals surface area contributed by atoms with Crippen LogP contribution < -0.4 is 15.8 Å². The van der Waals surface area contributed by atoms with Crippen molar-refractivity contribution in [1.29, 1.82) is 0 Å². The molecule has 6 nitrogen and oxygen atoms in total. The van der Waals surface area contributed by atoms with Crippen molar-refractivity contribution in [3.05, 3.63) is 70.1 Å². The van der Waals surface area contributed by atoms with Crippen LogP contribution in [0.1, 0.15) is 48.2 Å². The van der Waals surface area contributed by atoms with E-state index in [9.17, 15) is 9.59 Å². The fraction of sp³-hybridized carbons (Fsp3) is 0.348. The summed E-state index contributed by atoms with van der Waals surface area (Å²) in [6.45, 7) is 0.404. The maximum absolute atomic E-state index is 12.6. The van der Waals surface area contributed by atoms with Crippen LogP contribution in [-0.4, -0.2) is 29.2 Å². The fourth-order valence-corrected chi connectivity index (χ4v) is 4.08. The SMILES string of the molecule is CN(c1ccc(CNC(=O)c2n[nH]c(=O)c3ccccc23)cc1)C1CCCCC1. The number of H-pyrrole nitrogens is 1. The van der Waals surface area contributed by atoms with E-state index < -0.39 is 0 Å². The number of amides is 1. The van der Waals surface area contributed by atoms with E-state index >= 15 is 0 Å². The molecule has 1 aliphatic carbocycles. The van der Waals surface area contributed by atoms with E-state index in [0.29, 0.717) is 23.4 Å². The average Bonchev–Trinajstić information content (AvgIpc) is 2.78. The number of carbonyl (C=O) groups is 1. The molecule has 2 N–H and O–H groups in total. The van der Waals surface area contributed by atoms with Gasteiger partial charge in [-0.2, -0.15) is 5.10 Å². The van der Waals surface area contributed by atoms with Gasteiger partial charge in [-0.15, -0.1) is 0 Å². The van der Waals surface area contributed by atoms with E-state index in [2.05, 4.69) is 39.6 Å². The Morgan fingerprint density at radius 1 is 1.07 bits per heavy atom. The average molecular weight is 390 g/mol. The molecule has 0 aliphatic heterocycles. The Hall–Kier alpha value is -3.15. The third-order valence-corrected chi connectivity index (χ3v) is 5.83. The Labute approximate surface area is 169 Å². The van der Waals surface area contributed by atoms with Gasteiger partial charge in [-0.25, -0.2) is 5.10 Å². The normalized spacial score (nSPS) is 14.7.